The summed E-state index contributed by atoms with van der Waals surface area (Å²) in [6, 6.07) is 9.82. The van der Waals surface area contributed by atoms with Crippen LogP contribution in [0.2, 0.25) is 0 Å². The summed E-state index contributed by atoms with van der Waals surface area (Å²) in [5.74, 6) is 0.944. The van der Waals surface area contributed by atoms with Crippen LogP contribution in [0.25, 0.3) is 10.8 Å². The fraction of sp³-hybridized carbons (Fsp3) is 0.400. The summed E-state index contributed by atoms with van der Waals surface area (Å²) in [5, 5.41) is 1.78. The van der Waals surface area contributed by atoms with Gasteiger partial charge in [0.05, 0.1) is 0 Å². The highest BCUT2D eigenvalue weighted by Gasteiger charge is 2.16. The number of nitrogens with one attached hydrogen (secondary N) is 1. The highest BCUT2D eigenvalue weighted by atomic mass is 16.1. The molecule has 0 amide bonds. The molecule has 0 bridgehead atoms. The third kappa shape index (κ3) is 2.36. The Bertz CT molecular complexity index is 627. The standard InChI is InChI=1S/C15H19N3O/c1-2-17-7-9-18(10-8-17)14-11-12-5-3-4-6-13(12)15(19)16-14/h3-6,11H,2,7-10H2,1H3,(H,16,19). The first-order chi connectivity index (χ1) is 9.28. The average Bonchev–Trinajstić information content (AvgIpc) is 2.47. The predicted octanol–water partition coefficient (Wildman–Crippen LogP) is 1.67. The van der Waals surface area contributed by atoms with Gasteiger partial charge in [-0.15, -0.1) is 0 Å². The van der Waals surface area contributed by atoms with Crippen molar-refractivity contribution in [2.45, 2.75) is 6.92 Å². The molecule has 0 unspecified atom stereocenters. The minimum Gasteiger partial charge on any atom is -0.356 e. The summed E-state index contributed by atoms with van der Waals surface area (Å²) >= 11 is 0. The molecule has 100 valence electrons. The van der Waals surface area contributed by atoms with Gasteiger partial charge in [-0.05, 0) is 24.1 Å². The van der Waals surface area contributed by atoms with Gasteiger partial charge in [0.1, 0.15) is 5.82 Å². The molecule has 4 heteroatoms. The number of likely N-dealkylation sites (N-methyl/N-ethyl adjacent to an activating group) is 1. The number of aromatic amines is 1. The summed E-state index contributed by atoms with van der Waals surface area (Å²) in [5.41, 5.74) is 0.00558. The van der Waals surface area contributed by atoms with E-state index in [9.17, 15) is 4.79 Å². The largest absolute Gasteiger partial charge is 0.356 e. The van der Waals surface area contributed by atoms with Crippen LogP contribution >= 0.6 is 0 Å². The van der Waals surface area contributed by atoms with Crippen molar-refractivity contribution in [1.29, 1.82) is 0 Å². The lowest BCUT2D eigenvalue weighted by Gasteiger charge is -2.35. The number of hydrogen-bond acceptors (Lipinski definition) is 3. The molecule has 0 atom stereocenters. The monoisotopic (exact) mass is 257 g/mol. The quantitative estimate of drug-likeness (QED) is 0.889. The van der Waals surface area contributed by atoms with Gasteiger partial charge in [-0.25, -0.2) is 0 Å². The first-order valence-electron chi connectivity index (χ1n) is 6.87. The van der Waals surface area contributed by atoms with E-state index in [0.29, 0.717) is 0 Å². The lowest BCUT2D eigenvalue weighted by molar-refractivity contribution is 0.270. The summed E-state index contributed by atoms with van der Waals surface area (Å²) in [4.78, 5) is 19.8. The van der Waals surface area contributed by atoms with E-state index in [2.05, 4.69) is 27.8 Å². The lowest BCUT2D eigenvalue weighted by atomic mass is 10.1. The molecule has 1 aromatic heterocycles. The number of hydrogen-bond donors (Lipinski definition) is 1. The third-order valence-electron chi connectivity index (χ3n) is 3.90. The predicted molar refractivity (Wildman–Crippen MR) is 78.9 cm³/mol. The summed E-state index contributed by atoms with van der Waals surface area (Å²) < 4.78 is 0. The summed E-state index contributed by atoms with van der Waals surface area (Å²) in [6.45, 7) is 7.36. The number of rotatable bonds is 2. The molecule has 4 nitrogen and oxygen atoms in total. The SMILES string of the molecule is CCN1CCN(c2cc3ccccc3c(=O)[nH]2)CC1. The van der Waals surface area contributed by atoms with E-state index in [4.69, 9.17) is 0 Å². The summed E-state index contributed by atoms with van der Waals surface area (Å²) in [6.07, 6.45) is 0. The number of H-pyrrole nitrogens is 1. The topological polar surface area (TPSA) is 39.3 Å². The van der Waals surface area contributed by atoms with E-state index in [1.807, 2.05) is 24.3 Å². The van der Waals surface area contributed by atoms with Crippen LogP contribution in [-0.2, 0) is 0 Å². The Hall–Kier alpha value is -1.81. The number of piperazine rings is 1. The van der Waals surface area contributed by atoms with Gasteiger partial charge in [-0.2, -0.15) is 0 Å². The van der Waals surface area contributed by atoms with Crippen molar-refractivity contribution in [2.75, 3.05) is 37.6 Å². The second kappa shape index (κ2) is 5.05. The van der Waals surface area contributed by atoms with Gasteiger partial charge in [0.15, 0.2) is 0 Å². The van der Waals surface area contributed by atoms with Crippen molar-refractivity contribution < 1.29 is 0 Å². The van der Waals surface area contributed by atoms with Gasteiger partial charge >= 0.3 is 0 Å². The zero-order valence-corrected chi connectivity index (χ0v) is 11.2. The molecule has 2 aromatic rings. The number of anilines is 1. The second-order valence-electron chi connectivity index (χ2n) is 4.99. The van der Waals surface area contributed by atoms with Crippen molar-refractivity contribution in [3.63, 3.8) is 0 Å². The zero-order valence-electron chi connectivity index (χ0n) is 11.2. The number of pyridine rings is 1. The molecule has 2 heterocycles. The molecule has 0 saturated carbocycles. The number of nitrogens with zero attached hydrogens (tertiary/aromatic N) is 2. The van der Waals surface area contributed by atoms with Crippen LogP contribution in [0.1, 0.15) is 6.92 Å². The fourth-order valence-electron chi connectivity index (χ4n) is 2.67. The number of benzene rings is 1. The van der Waals surface area contributed by atoms with Crippen molar-refractivity contribution in [2.24, 2.45) is 0 Å². The Morgan fingerprint density at radius 2 is 1.89 bits per heavy atom. The van der Waals surface area contributed by atoms with Crippen LogP contribution in [0, 0.1) is 0 Å². The van der Waals surface area contributed by atoms with E-state index in [0.717, 1.165) is 49.3 Å². The molecule has 1 aliphatic heterocycles. The molecule has 0 aliphatic carbocycles. The molecule has 1 aromatic carbocycles. The Morgan fingerprint density at radius 3 is 2.63 bits per heavy atom. The van der Waals surface area contributed by atoms with Crippen LogP contribution in [0.5, 0.6) is 0 Å². The van der Waals surface area contributed by atoms with Gasteiger partial charge in [-0.3, -0.25) is 4.79 Å². The van der Waals surface area contributed by atoms with Crippen LogP contribution in [-0.4, -0.2) is 42.6 Å². The van der Waals surface area contributed by atoms with Crippen molar-refractivity contribution >= 4 is 16.6 Å². The van der Waals surface area contributed by atoms with Crippen molar-refractivity contribution in [3.8, 4) is 0 Å². The van der Waals surface area contributed by atoms with Crippen LogP contribution in [0.4, 0.5) is 5.82 Å². The maximum atomic E-state index is 12.1. The first kappa shape index (κ1) is 12.2. The Morgan fingerprint density at radius 1 is 1.16 bits per heavy atom. The van der Waals surface area contributed by atoms with Crippen LogP contribution in [0.3, 0.4) is 0 Å². The Labute approximate surface area is 112 Å². The van der Waals surface area contributed by atoms with Crippen molar-refractivity contribution in [3.05, 3.63) is 40.7 Å². The lowest BCUT2D eigenvalue weighted by Crippen LogP contribution is -2.46. The molecule has 1 aliphatic rings. The van der Waals surface area contributed by atoms with E-state index >= 15 is 0 Å². The molecule has 19 heavy (non-hydrogen) atoms. The van der Waals surface area contributed by atoms with Gasteiger partial charge < -0.3 is 14.8 Å². The van der Waals surface area contributed by atoms with E-state index in [1.54, 1.807) is 0 Å². The van der Waals surface area contributed by atoms with Crippen LogP contribution < -0.4 is 10.5 Å². The Kier molecular flexibility index (Phi) is 3.25. The number of aromatic nitrogens is 1. The zero-order chi connectivity index (χ0) is 13.2. The maximum absolute atomic E-state index is 12.1. The maximum Gasteiger partial charge on any atom is 0.257 e. The smallest absolute Gasteiger partial charge is 0.257 e. The molecular weight excluding hydrogens is 238 g/mol. The van der Waals surface area contributed by atoms with Gasteiger partial charge in [0, 0.05) is 31.6 Å². The molecule has 1 saturated heterocycles. The molecule has 0 spiro atoms. The third-order valence-corrected chi connectivity index (χ3v) is 3.90. The van der Waals surface area contributed by atoms with Gasteiger partial charge in [0.2, 0.25) is 0 Å². The minimum atomic E-state index is 0.00558. The molecular formula is C15H19N3O. The summed E-state index contributed by atoms with van der Waals surface area (Å²) in [7, 11) is 0. The molecule has 1 fully saturated rings. The van der Waals surface area contributed by atoms with Crippen molar-refractivity contribution in [1.82, 2.24) is 9.88 Å². The normalized spacial score (nSPS) is 17.0. The fourth-order valence-corrected chi connectivity index (χ4v) is 2.67. The van der Waals surface area contributed by atoms with Gasteiger partial charge in [0.25, 0.3) is 5.56 Å². The van der Waals surface area contributed by atoms with E-state index in [1.165, 1.54) is 0 Å². The highest BCUT2D eigenvalue weighted by Crippen LogP contribution is 2.17. The molecule has 0 radical (unpaired) electrons. The average molecular weight is 257 g/mol. The molecule has 1 N–H and O–H groups in total. The number of fused-ring (bicyclic) bond motifs is 1. The van der Waals surface area contributed by atoms with E-state index in [-0.39, 0.29) is 5.56 Å². The van der Waals surface area contributed by atoms with E-state index < -0.39 is 0 Å². The van der Waals surface area contributed by atoms with Crippen LogP contribution in [0.15, 0.2) is 35.1 Å². The first-order valence-corrected chi connectivity index (χ1v) is 6.87. The van der Waals surface area contributed by atoms with Gasteiger partial charge in [-0.1, -0.05) is 25.1 Å². The Balaban J connectivity index is 1.92. The second-order valence-corrected chi connectivity index (χ2v) is 4.99. The minimum absolute atomic E-state index is 0.00558. The highest BCUT2D eigenvalue weighted by molar-refractivity contribution is 5.83. The molecule has 3 rings (SSSR count).